The molecule has 1 heterocycles. The van der Waals surface area contributed by atoms with Crippen molar-refractivity contribution in [1.29, 1.82) is 0 Å². The van der Waals surface area contributed by atoms with Gasteiger partial charge in [-0.3, -0.25) is 0 Å². The molecule has 1 aliphatic rings. The molecule has 1 aliphatic heterocycles. The molecule has 0 saturated carbocycles. The Kier molecular flexibility index (Phi) is 4.34. The molecule has 3 heteroatoms. The van der Waals surface area contributed by atoms with Gasteiger partial charge < -0.3 is 14.7 Å². The van der Waals surface area contributed by atoms with E-state index in [4.69, 9.17) is 4.74 Å². The Morgan fingerprint density at radius 1 is 1.18 bits per heavy atom. The van der Waals surface area contributed by atoms with Gasteiger partial charge in [-0.2, -0.15) is 0 Å². The number of hydrogen-bond acceptors (Lipinski definition) is 3. The second kappa shape index (κ2) is 6.41. The largest absolute Gasteiger partial charge is 0.491 e. The fourth-order valence-electron chi connectivity index (χ4n) is 3.05. The first-order valence-electron chi connectivity index (χ1n) is 7.84. The maximum atomic E-state index is 10.3. The number of β-amino-alcohol motifs (C(OH)–C–C–N with tert-alkyl or cyclic N) is 1. The predicted octanol–water partition coefficient (Wildman–Crippen LogP) is 3.11. The number of aliphatic hydroxyl groups excluding tert-OH is 1. The Balaban J connectivity index is 1.56. The summed E-state index contributed by atoms with van der Waals surface area (Å²) in [5.74, 6) is 0.853. The number of hydrogen-bond donors (Lipinski definition) is 1. The molecule has 0 bridgehead atoms. The zero-order valence-electron chi connectivity index (χ0n) is 13.2. The third-order valence-electron chi connectivity index (χ3n) is 4.18. The molecule has 0 amide bonds. The van der Waals surface area contributed by atoms with Gasteiger partial charge in [0, 0.05) is 18.8 Å². The van der Waals surface area contributed by atoms with Crippen LogP contribution in [0.15, 0.2) is 42.5 Å². The van der Waals surface area contributed by atoms with Crippen molar-refractivity contribution in [3.8, 4) is 5.75 Å². The van der Waals surface area contributed by atoms with Gasteiger partial charge in [-0.25, -0.2) is 0 Å². The highest BCUT2D eigenvalue weighted by Crippen LogP contribution is 2.27. The summed E-state index contributed by atoms with van der Waals surface area (Å²) in [5, 5.41) is 10.3. The van der Waals surface area contributed by atoms with Gasteiger partial charge in [-0.1, -0.05) is 35.9 Å². The van der Waals surface area contributed by atoms with E-state index < -0.39 is 6.10 Å². The lowest BCUT2D eigenvalue weighted by Crippen LogP contribution is -2.34. The second-order valence-electron chi connectivity index (χ2n) is 6.06. The van der Waals surface area contributed by atoms with Crippen molar-refractivity contribution in [3.63, 3.8) is 0 Å². The SMILES string of the molecule is Cc1ccc(OCC(O)CN2CCc3ccccc32)c(C)c1. The minimum absolute atomic E-state index is 0.322. The molecule has 22 heavy (non-hydrogen) atoms. The first-order chi connectivity index (χ1) is 10.6. The number of aryl methyl sites for hydroxylation is 2. The second-order valence-corrected chi connectivity index (χ2v) is 6.06. The normalized spacial score (nSPS) is 14.8. The van der Waals surface area contributed by atoms with Crippen LogP contribution >= 0.6 is 0 Å². The molecule has 2 aromatic carbocycles. The standard InChI is InChI=1S/C19H23NO2/c1-14-7-8-19(15(2)11-14)22-13-17(21)12-20-10-9-16-5-3-4-6-18(16)20/h3-8,11,17,21H,9-10,12-13H2,1-2H3. The maximum Gasteiger partial charge on any atom is 0.122 e. The number of aliphatic hydroxyl groups is 1. The Morgan fingerprint density at radius 2 is 2.00 bits per heavy atom. The zero-order chi connectivity index (χ0) is 15.5. The van der Waals surface area contributed by atoms with E-state index in [-0.39, 0.29) is 0 Å². The number of benzene rings is 2. The molecule has 1 atom stereocenters. The van der Waals surface area contributed by atoms with Gasteiger partial charge in [0.15, 0.2) is 0 Å². The number of nitrogens with zero attached hydrogens (tertiary/aromatic N) is 1. The molecule has 3 nitrogen and oxygen atoms in total. The van der Waals surface area contributed by atoms with Crippen LogP contribution in [0.4, 0.5) is 5.69 Å². The topological polar surface area (TPSA) is 32.7 Å². The van der Waals surface area contributed by atoms with Crippen LogP contribution in [0.3, 0.4) is 0 Å². The summed E-state index contributed by atoms with van der Waals surface area (Å²) in [6.07, 6.45) is 0.563. The summed E-state index contributed by atoms with van der Waals surface area (Å²) in [7, 11) is 0. The monoisotopic (exact) mass is 297 g/mol. The van der Waals surface area contributed by atoms with E-state index in [1.165, 1.54) is 16.8 Å². The van der Waals surface area contributed by atoms with Crippen LogP contribution in [0.2, 0.25) is 0 Å². The Morgan fingerprint density at radius 3 is 2.82 bits per heavy atom. The summed E-state index contributed by atoms with van der Waals surface area (Å²) in [5.41, 5.74) is 4.94. The van der Waals surface area contributed by atoms with Crippen molar-refractivity contribution in [3.05, 3.63) is 59.2 Å². The van der Waals surface area contributed by atoms with Crippen molar-refractivity contribution in [1.82, 2.24) is 0 Å². The molecule has 0 aromatic heterocycles. The average molecular weight is 297 g/mol. The van der Waals surface area contributed by atoms with Crippen molar-refractivity contribution >= 4 is 5.69 Å². The van der Waals surface area contributed by atoms with E-state index in [1.807, 2.05) is 19.1 Å². The van der Waals surface area contributed by atoms with Gasteiger partial charge in [0.2, 0.25) is 0 Å². The molecular formula is C19H23NO2. The van der Waals surface area contributed by atoms with Crippen molar-refractivity contribution in [2.24, 2.45) is 0 Å². The third-order valence-corrected chi connectivity index (χ3v) is 4.18. The zero-order valence-corrected chi connectivity index (χ0v) is 13.2. The van der Waals surface area contributed by atoms with Crippen molar-refractivity contribution in [2.75, 3.05) is 24.6 Å². The highest BCUT2D eigenvalue weighted by atomic mass is 16.5. The number of anilines is 1. The van der Waals surface area contributed by atoms with Gasteiger partial charge in [0.1, 0.15) is 18.5 Å². The molecule has 0 spiro atoms. The Bertz CT molecular complexity index is 654. The van der Waals surface area contributed by atoms with Crippen LogP contribution in [-0.2, 0) is 6.42 Å². The molecule has 0 saturated heterocycles. The van der Waals surface area contributed by atoms with Gasteiger partial charge in [0.05, 0.1) is 0 Å². The lowest BCUT2D eigenvalue weighted by atomic mass is 10.1. The van der Waals surface area contributed by atoms with Gasteiger partial charge >= 0.3 is 0 Å². The van der Waals surface area contributed by atoms with Crippen molar-refractivity contribution < 1.29 is 9.84 Å². The maximum absolute atomic E-state index is 10.3. The highest BCUT2D eigenvalue weighted by Gasteiger charge is 2.21. The summed E-state index contributed by atoms with van der Waals surface area (Å²) in [6.45, 7) is 6.01. The fourth-order valence-corrected chi connectivity index (χ4v) is 3.05. The van der Waals surface area contributed by atoms with Crippen LogP contribution in [0.25, 0.3) is 0 Å². The van der Waals surface area contributed by atoms with E-state index in [2.05, 4.69) is 42.2 Å². The van der Waals surface area contributed by atoms with Gasteiger partial charge in [-0.05, 0) is 43.5 Å². The highest BCUT2D eigenvalue weighted by molar-refractivity contribution is 5.57. The van der Waals surface area contributed by atoms with Crippen molar-refractivity contribution in [2.45, 2.75) is 26.4 Å². The van der Waals surface area contributed by atoms with Crippen LogP contribution in [-0.4, -0.2) is 30.9 Å². The fraction of sp³-hybridized carbons (Fsp3) is 0.368. The first kappa shape index (κ1) is 14.9. The first-order valence-corrected chi connectivity index (χ1v) is 7.84. The van der Waals surface area contributed by atoms with Crippen LogP contribution in [0.1, 0.15) is 16.7 Å². The van der Waals surface area contributed by atoms with E-state index in [0.717, 1.165) is 24.3 Å². The van der Waals surface area contributed by atoms with E-state index >= 15 is 0 Å². The van der Waals surface area contributed by atoms with Crippen LogP contribution in [0.5, 0.6) is 5.75 Å². The third kappa shape index (κ3) is 3.25. The van der Waals surface area contributed by atoms with E-state index in [1.54, 1.807) is 0 Å². The minimum Gasteiger partial charge on any atom is -0.491 e. The Hall–Kier alpha value is -2.00. The van der Waals surface area contributed by atoms with E-state index in [9.17, 15) is 5.11 Å². The Labute approximate surface area is 132 Å². The molecule has 2 aromatic rings. The van der Waals surface area contributed by atoms with Gasteiger partial charge in [0.25, 0.3) is 0 Å². The molecule has 116 valence electrons. The quantitative estimate of drug-likeness (QED) is 0.920. The lowest BCUT2D eigenvalue weighted by molar-refractivity contribution is 0.112. The molecule has 3 rings (SSSR count). The summed E-state index contributed by atoms with van der Waals surface area (Å²) in [6, 6.07) is 14.5. The summed E-state index contributed by atoms with van der Waals surface area (Å²) in [4.78, 5) is 2.24. The average Bonchev–Trinajstić information content (AvgIpc) is 2.90. The summed E-state index contributed by atoms with van der Waals surface area (Å²) < 4.78 is 5.78. The number of rotatable bonds is 5. The molecular weight excluding hydrogens is 274 g/mol. The molecule has 0 fully saturated rings. The van der Waals surface area contributed by atoms with Gasteiger partial charge in [-0.15, -0.1) is 0 Å². The number of fused-ring (bicyclic) bond motifs is 1. The minimum atomic E-state index is -0.494. The van der Waals surface area contributed by atoms with Crippen LogP contribution < -0.4 is 9.64 Å². The number of para-hydroxylation sites is 1. The lowest BCUT2D eigenvalue weighted by Gasteiger charge is -2.23. The summed E-state index contributed by atoms with van der Waals surface area (Å²) >= 11 is 0. The van der Waals surface area contributed by atoms with Crippen LogP contribution in [0, 0.1) is 13.8 Å². The number of ether oxygens (including phenoxy) is 1. The molecule has 0 radical (unpaired) electrons. The smallest absolute Gasteiger partial charge is 0.122 e. The molecule has 1 unspecified atom stereocenters. The van der Waals surface area contributed by atoms with E-state index in [0.29, 0.717) is 13.2 Å². The predicted molar refractivity (Wildman–Crippen MR) is 89.8 cm³/mol. The molecule has 0 aliphatic carbocycles. The molecule has 1 N–H and O–H groups in total.